The number of carbonyl (C=O) groups is 1. The number of phosphoric acid groups is 4. The first kappa shape index (κ1) is 60.0. The minimum absolute atomic E-state index is 0.000475. The van der Waals surface area contributed by atoms with Crippen LogP contribution in [-0.4, -0.2) is 178 Å². The molecule has 42 heteroatoms. The zero-order valence-corrected chi connectivity index (χ0v) is 45.1. The van der Waals surface area contributed by atoms with Crippen LogP contribution in [0.5, 0.6) is 0 Å². The number of aliphatic hydroxyl groups excluding tert-OH is 3. The summed E-state index contributed by atoms with van der Waals surface area (Å²) < 4.78 is 110. The Balaban J connectivity index is 0.958. The minimum Gasteiger partial charge on any atom is -0.387 e. The molecule has 0 aliphatic carbocycles. The van der Waals surface area contributed by atoms with Gasteiger partial charge < -0.3 is 70.2 Å². The van der Waals surface area contributed by atoms with Gasteiger partial charge in [-0.3, -0.25) is 56.1 Å². The van der Waals surface area contributed by atoms with E-state index in [1.54, 1.807) is 13.8 Å². The van der Waals surface area contributed by atoms with Gasteiger partial charge in [-0.2, -0.15) is 8.62 Å². The monoisotopic (exact) mass is 1200 g/mol. The van der Waals surface area contributed by atoms with E-state index in [4.69, 9.17) is 48.5 Å². The first-order valence-electron chi connectivity index (χ1n) is 23.2. The van der Waals surface area contributed by atoms with Crippen molar-refractivity contribution in [3.8, 4) is 0 Å². The van der Waals surface area contributed by atoms with E-state index in [2.05, 4.69) is 33.5 Å². The lowest BCUT2D eigenvalue weighted by molar-refractivity contribution is -0.745. The summed E-state index contributed by atoms with van der Waals surface area (Å²) in [6, 6.07) is 0.923. The molecule has 0 aromatic carbocycles. The van der Waals surface area contributed by atoms with Gasteiger partial charge >= 0.3 is 42.6 Å². The number of imidazole rings is 2. The van der Waals surface area contributed by atoms with Crippen LogP contribution in [0.1, 0.15) is 39.0 Å². The predicted molar refractivity (Wildman–Crippen MR) is 258 cm³/mol. The molecule has 8 rings (SSSR count). The van der Waals surface area contributed by atoms with Gasteiger partial charge in [-0.05, 0) is 6.92 Å². The topological polar surface area (TPSA) is 528 Å². The van der Waals surface area contributed by atoms with Crippen molar-refractivity contribution >= 4 is 71.3 Å². The average Bonchev–Trinajstić information content (AvgIpc) is 4.31. The van der Waals surface area contributed by atoms with Crippen LogP contribution < -0.4 is 32.8 Å². The number of rotatable bonds is 23. The van der Waals surface area contributed by atoms with E-state index in [9.17, 15) is 72.3 Å². The molecule has 8 heterocycles. The van der Waals surface area contributed by atoms with Crippen molar-refractivity contribution in [1.82, 2.24) is 48.5 Å². The predicted octanol–water partition coefficient (Wildman–Crippen LogP) is -3.36. The van der Waals surface area contributed by atoms with Gasteiger partial charge in [0.25, 0.3) is 17.1 Å². The van der Waals surface area contributed by atoms with E-state index in [1.165, 1.54) is 32.0 Å². The molecule has 3 aliphatic heterocycles. The number of H-pyrrole nitrogens is 2. The van der Waals surface area contributed by atoms with Crippen molar-refractivity contribution in [3.63, 3.8) is 0 Å². The molecule has 0 radical (unpaired) electrons. The number of ether oxygens (including phenoxy) is 4. The fourth-order valence-electron chi connectivity index (χ4n) is 8.99. The standard InChI is InChI=1S/C37H53N13O25P4/c1-5-21(52)47(6-2)9-16-17(70-33(24(16)53)50-15-46(3)23-31(50)44-36(39)45-32(23)56)10-68-77(60,61)74-79(64,65)75-78(62,63)69-12-19-27(28(66-4)35(72-19)49-14-42-22-29(38)40-13-41-30(22)49)73-76(58,59)67-11-18-25(54)26(55)34(71-18)48-8-7-20(51)43-37(48)57/h7-8,13-19,24-28,33-35,53-55H,5-6,9-12H2,1-4H3,(H9-,38,39,40,41,43,44,45,51,56,57,58,59,60,61,62,63,64,65)/p+1/t16-,17-,18-,19-,24-,25-,26-,27-,28-,33-,34-,35-/m1/s1. The summed E-state index contributed by atoms with van der Waals surface area (Å²) >= 11 is 0. The Morgan fingerprint density at radius 1 is 0.810 bits per heavy atom. The van der Waals surface area contributed by atoms with Crippen LogP contribution in [0.4, 0.5) is 11.8 Å². The van der Waals surface area contributed by atoms with Gasteiger partial charge in [0.1, 0.15) is 54.6 Å². The number of nitrogens with two attached hydrogens (primary N) is 2. The molecular weight excluding hydrogens is 1150 g/mol. The number of anilines is 2. The number of carbonyl (C=O) groups excluding carboxylic acids is 1. The van der Waals surface area contributed by atoms with Crippen LogP contribution in [0.15, 0.2) is 45.6 Å². The number of nitrogens with zero attached hydrogens (tertiary/aromatic N) is 9. The van der Waals surface area contributed by atoms with E-state index in [0.717, 1.165) is 36.6 Å². The zero-order valence-electron chi connectivity index (χ0n) is 41.5. The number of nitrogens with one attached hydrogen (secondary N) is 2. The highest BCUT2D eigenvalue weighted by Gasteiger charge is 2.54. The van der Waals surface area contributed by atoms with Crippen molar-refractivity contribution in [3.05, 3.63) is 62.4 Å². The maximum absolute atomic E-state index is 13.6. The van der Waals surface area contributed by atoms with Crippen molar-refractivity contribution in [1.29, 1.82) is 0 Å². The SMILES string of the molecule is CCC(=O)N(CC)C[C@H]1[C@@H](O)[C@H]([n+]2cn(C)c3c(=O)[nH]c(N)nc32)O[C@@H]1COP(=O)(O)OP(=O)(O)OP(=O)(O)OC[C@H]1O[C@@H](n2cnc3c(N)ncnc32)[C@H](OC)[C@@H]1OP(=O)(O)OC[C@H]1O[C@@H](n2ccc(=O)[nH]c2=O)[C@H](O)[C@@H]1O. The third-order valence-corrected chi connectivity index (χ3v) is 17.8. The summed E-state index contributed by atoms with van der Waals surface area (Å²) in [5, 5.41) is 33.0. The number of hydrogen-bond acceptors (Lipinski definition) is 27. The maximum atomic E-state index is 13.6. The van der Waals surface area contributed by atoms with Crippen molar-refractivity contribution < 1.29 is 108 Å². The number of aliphatic hydroxyl groups is 3. The van der Waals surface area contributed by atoms with Crippen LogP contribution in [0, 0.1) is 5.92 Å². The Bertz CT molecular complexity index is 3450. The van der Waals surface area contributed by atoms with E-state index >= 15 is 0 Å². The third-order valence-electron chi connectivity index (χ3n) is 12.6. The van der Waals surface area contributed by atoms with Crippen LogP contribution in [0.3, 0.4) is 0 Å². The summed E-state index contributed by atoms with van der Waals surface area (Å²) in [6.07, 6.45) is -13.6. The number of aromatic amines is 2. The molecule has 4 unspecified atom stereocenters. The molecule has 0 saturated carbocycles. The maximum Gasteiger partial charge on any atom is 0.490 e. The smallest absolute Gasteiger partial charge is 0.387 e. The third kappa shape index (κ3) is 13.0. The molecule has 0 bridgehead atoms. The molecule has 1 amide bonds. The Labute approximate surface area is 441 Å². The molecule has 79 heavy (non-hydrogen) atoms. The van der Waals surface area contributed by atoms with Crippen molar-refractivity contribution in [2.24, 2.45) is 13.0 Å². The second-order valence-electron chi connectivity index (χ2n) is 17.7. The zero-order chi connectivity index (χ0) is 57.7. The quantitative estimate of drug-likeness (QED) is 0.0225. The van der Waals surface area contributed by atoms with Gasteiger partial charge in [0, 0.05) is 44.8 Å². The van der Waals surface area contributed by atoms with Crippen LogP contribution >= 0.6 is 31.3 Å². The molecule has 16 atom stereocenters. The Kier molecular flexibility index (Phi) is 17.8. The number of fused-ring (bicyclic) bond motifs is 2. The summed E-state index contributed by atoms with van der Waals surface area (Å²) in [5.74, 6) is -1.88. The minimum atomic E-state index is -6.24. The Morgan fingerprint density at radius 3 is 2.10 bits per heavy atom. The van der Waals surface area contributed by atoms with Gasteiger partial charge in [-0.15, -0.1) is 0 Å². The molecule has 3 saturated heterocycles. The lowest BCUT2D eigenvalue weighted by Gasteiger charge is -2.28. The number of hydrogen-bond donors (Lipinski definition) is 11. The Morgan fingerprint density at radius 2 is 1.46 bits per heavy atom. The second kappa shape index (κ2) is 23.4. The van der Waals surface area contributed by atoms with Gasteiger partial charge in [0.05, 0.1) is 39.3 Å². The highest BCUT2D eigenvalue weighted by atomic mass is 31.3. The number of amides is 1. The largest absolute Gasteiger partial charge is 0.490 e. The van der Waals surface area contributed by atoms with Crippen molar-refractivity contribution in [2.45, 2.75) is 87.8 Å². The normalized spacial score (nSPS) is 29.4. The van der Waals surface area contributed by atoms with Gasteiger partial charge in [-0.25, -0.2) is 42.6 Å². The van der Waals surface area contributed by atoms with E-state index < -0.39 is 141 Å². The molecule has 3 fully saturated rings. The summed E-state index contributed by atoms with van der Waals surface area (Å²) in [6.45, 7) is -0.185. The molecule has 38 nitrogen and oxygen atoms in total. The Hall–Kier alpha value is -5.11. The average molecular weight is 1200 g/mol. The van der Waals surface area contributed by atoms with Crippen molar-refractivity contribution in [2.75, 3.05) is 51.5 Å². The highest BCUT2D eigenvalue weighted by Crippen LogP contribution is 2.68. The number of aromatic nitrogens is 10. The molecule has 5 aromatic heterocycles. The molecule has 0 spiro atoms. The molecule has 13 N–H and O–H groups in total. The first-order chi connectivity index (χ1) is 37.1. The van der Waals surface area contributed by atoms with Gasteiger partial charge in [0.15, 0.2) is 30.2 Å². The van der Waals surface area contributed by atoms with E-state index in [1.807, 2.05) is 4.98 Å². The van der Waals surface area contributed by atoms with Gasteiger partial charge in [0.2, 0.25) is 17.7 Å². The van der Waals surface area contributed by atoms with Gasteiger partial charge in [-0.1, -0.05) is 11.9 Å². The van der Waals surface area contributed by atoms with E-state index in [-0.39, 0.29) is 59.5 Å². The summed E-state index contributed by atoms with van der Waals surface area (Å²) in [5.41, 5.74) is 9.25. The number of nitrogen functional groups attached to an aromatic ring is 2. The van der Waals surface area contributed by atoms with Crippen LogP contribution in [-0.2, 0) is 75.8 Å². The second-order valence-corrected chi connectivity index (χ2v) is 23.7. The molecular formula is C37H54N13O25P4+. The fraction of sp³-hybridized carbons (Fsp3) is 0.595. The number of methoxy groups -OCH3 is 1. The number of aryl methyl sites for hydroxylation is 1. The molecule has 3 aliphatic rings. The molecule has 436 valence electrons. The highest BCUT2D eigenvalue weighted by molar-refractivity contribution is 7.66. The molecule has 5 aromatic rings. The fourth-order valence-corrected chi connectivity index (χ4v) is 13.5. The lowest BCUT2D eigenvalue weighted by atomic mass is 9.97. The van der Waals surface area contributed by atoms with E-state index in [0.29, 0.717) is 0 Å². The van der Waals surface area contributed by atoms with Crippen LogP contribution in [0.2, 0.25) is 0 Å². The summed E-state index contributed by atoms with van der Waals surface area (Å²) in [4.78, 5) is 114. The van der Waals surface area contributed by atoms with Crippen LogP contribution in [0.25, 0.3) is 22.3 Å². The number of phosphoric ester groups is 3. The summed E-state index contributed by atoms with van der Waals surface area (Å²) in [7, 11) is -21.0. The lowest BCUT2D eigenvalue weighted by Crippen LogP contribution is -2.47. The first-order valence-corrected chi connectivity index (χ1v) is 29.2.